The third-order valence-electron chi connectivity index (χ3n) is 4.36. The summed E-state index contributed by atoms with van der Waals surface area (Å²) in [6.45, 7) is 8.79. The van der Waals surface area contributed by atoms with Crippen molar-refractivity contribution in [2.75, 3.05) is 32.9 Å². The predicted octanol–water partition coefficient (Wildman–Crippen LogP) is 1.88. The number of hydrogen-bond acceptors (Lipinski definition) is 7. The van der Waals surface area contributed by atoms with Gasteiger partial charge in [-0.15, -0.1) is 0 Å². The molecule has 1 aromatic rings. The van der Waals surface area contributed by atoms with Gasteiger partial charge in [0.1, 0.15) is 24.9 Å². The standard InChI is InChI=1S/C21H30N2O6/c1-4-26-20(24)18(22)19(28-13-15(2)3)17-12-23(10-11-27-17)21(25)29-14-16-8-6-5-7-9-16/h5-9,17-19H,2,4,10-14,22H2,1,3H3/t17-,18+,19-/m1/s1. The van der Waals surface area contributed by atoms with Crippen LogP contribution in [0, 0.1) is 0 Å². The van der Waals surface area contributed by atoms with E-state index in [9.17, 15) is 9.59 Å². The number of carbonyl (C=O) groups excluding carboxylic acids is 2. The van der Waals surface area contributed by atoms with Crippen LogP contribution in [-0.2, 0) is 30.3 Å². The van der Waals surface area contributed by atoms with Gasteiger partial charge in [-0.05, 0) is 19.4 Å². The first kappa shape index (κ1) is 22.9. The molecule has 1 fully saturated rings. The van der Waals surface area contributed by atoms with Crippen molar-refractivity contribution < 1.29 is 28.5 Å². The molecule has 1 amide bonds. The Morgan fingerprint density at radius 3 is 2.69 bits per heavy atom. The Morgan fingerprint density at radius 1 is 1.31 bits per heavy atom. The van der Waals surface area contributed by atoms with Gasteiger partial charge in [-0.25, -0.2) is 4.79 Å². The van der Waals surface area contributed by atoms with Crippen molar-refractivity contribution in [2.45, 2.75) is 38.7 Å². The lowest BCUT2D eigenvalue weighted by molar-refractivity contribution is -0.157. The van der Waals surface area contributed by atoms with E-state index in [1.54, 1.807) is 6.92 Å². The maximum atomic E-state index is 12.5. The lowest BCUT2D eigenvalue weighted by Gasteiger charge is -2.37. The second kappa shape index (κ2) is 11.5. The Morgan fingerprint density at radius 2 is 2.03 bits per heavy atom. The Balaban J connectivity index is 2.00. The highest BCUT2D eigenvalue weighted by Gasteiger charge is 2.38. The third-order valence-corrected chi connectivity index (χ3v) is 4.36. The molecule has 0 bridgehead atoms. The van der Waals surface area contributed by atoms with Crippen molar-refractivity contribution >= 4 is 12.1 Å². The molecule has 1 aliphatic heterocycles. The number of nitrogens with two attached hydrogens (primary N) is 1. The van der Waals surface area contributed by atoms with Crippen molar-refractivity contribution in [3.8, 4) is 0 Å². The molecule has 0 saturated carbocycles. The maximum Gasteiger partial charge on any atom is 0.410 e. The van der Waals surface area contributed by atoms with Crippen LogP contribution in [0.2, 0.25) is 0 Å². The third kappa shape index (κ3) is 7.16. The van der Waals surface area contributed by atoms with E-state index in [0.29, 0.717) is 6.54 Å². The Labute approximate surface area is 171 Å². The normalized spacial score (nSPS) is 18.6. The molecule has 0 unspecified atom stereocenters. The Bertz CT molecular complexity index is 681. The van der Waals surface area contributed by atoms with E-state index >= 15 is 0 Å². The van der Waals surface area contributed by atoms with Crippen LogP contribution in [0.1, 0.15) is 19.4 Å². The minimum absolute atomic E-state index is 0.180. The van der Waals surface area contributed by atoms with Crippen LogP contribution in [0.15, 0.2) is 42.5 Å². The quantitative estimate of drug-likeness (QED) is 0.494. The predicted molar refractivity (Wildman–Crippen MR) is 107 cm³/mol. The molecular formula is C21H30N2O6. The van der Waals surface area contributed by atoms with Crippen LogP contribution in [-0.4, -0.2) is 68.1 Å². The topological polar surface area (TPSA) is 100 Å². The smallest absolute Gasteiger partial charge is 0.410 e. The summed E-state index contributed by atoms with van der Waals surface area (Å²) in [5, 5.41) is 0. The van der Waals surface area contributed by atoms with Crippen LogP contribution in [0.25, 0.3) is 0 Å². The molecule has 0 spiro atoms. The molecular weight excluding hydrogens is 376 g/mol. The summed E-state index contributed by atoms with van der Waals surface area (Å²) in [6, 6.07) is 8.39. The first-order valence-corrected chi connectivity index (χ1v) is 9.67. The van der Waals surface area contributed by atoms with Gasteiger partial charge in [0.05, 0.1) is 26.4 Å². The highest BCUT2D eigenvalue weighted by molar-refractivity contribution is 5.76. The first-order chi connectivity index (χ1) is 13.9. The van der Waals surface area contributed by atoms with E-state index in [1.165, 1.54) is 4.90 Å². The highest BCUT2D eigenvalue weighted by atomic mass is 16.6. The second-order valence-corrected chi connectivity index (χ2v) is 6.91. The molecule has 3 atom stereocenters. The number of esters is 1. The molecule has 1 heterocycles. The average Bonchev–Trinajstić information content (AvgIpc) is 2.73. The summed E-state index contributed by atoms with van der Waals surface area (Å²) in [6.07, 6.45) is -1.83. The average molecular weight is 406 g/mol. The van der Waals surface area contributed by atoms with Gasteiger partial charge >= 0.3 is 12.1 Å². The molecule has 0 aliphatic carbocycles. The number of morpholine rings is 1. The lowest BCUT2D eigenvalue weighted by Crippen LogP contribution is -2.57. The summed E-state index contributed by atoms with van der Waals surface area (Å²) >= 11 is 0. The van der Waals surface area contributed by atoms with Crippen LogP contribution < -0.4 is 5.73 Å². The van der Waals surface area contributed by atoms with Crippen molar-refractivity contribution in [3.05, 3.63) is 48.0 Å². The minimum Gasteiger partial charge on any atom is -0.465 e. The minimum atomic E-state index is -1.04. The summed E-state index contributed by atoms with van der Waals surface area (Å²) in [7, 11) is 0. The second-order valence-electron chi connectivity index (χ2n) is 6.91. The van der Waals surface area contributed by atoms with Crippen molar-refractivity contribution in [1.29, 1.82) is 0 Å². The number of benzene rings is 1. The molecule has 0 radical (unpaired) electrons. The van der Waals surface area contributed by atoms with E-state index in [4.69, 9.17) is 24.7 Å². The van der Waals surface area contributed by atoms with E-state index in [2.05, 4.69) is 6.58 Å². The molecule has 0 aromatic heterocycles. The van der Waals surface area contributed by atoms with Crippen LogP contribution >= 0.6 is 0 Å². The zero-order valence-corrected chi connectivity index (χ0v) is 17.0. The van der Waals surface area contributed by atoms with Crippen LogP contribution in [0.3, 0.4) is 0 Å². The van der Waals surface area contributed by atoms with Crippen molar-refractivity contribution in [1.82, 2.24) is 4.90 Å². The zero-order chi connectivity index (χ0) is 21.2. The number of ether oxygens (including phenoxy) is 4. The SMILES string of the molecule is C=C(C)CO[C@@H]([C@H](N)C(=O)OCC)[C@H]1CN(C(=O)OCc2ccccc2)CCO1. The summed E-state index contributed by atoms with van der Waals surface area (Å²) in [5.41, 5.74) is 7.76. The van der Waals surface area contributed by atoms with Gasteiger partial charge < -0.3 is 29.6 Å². The fourth-order valence-corrected chi connectivity index (χ4v) is 2.90. The number of amides is 1. The molecule has 8 nitrogen and oxygen atoms in total. The van der Waals surface area contributed by atoms with Gasteiger partial charge in [0.15, 0.2) is 0 Å². The molecule has 160 valence electrons. The van der Waals surface area contributed by atoms with Gasteiger partial charge in [0, 0.05) is 6.54 Å². The van der Waals surface area contributed by atoms with Gasteiger partial charge in [-0.3, -0.25) is 4.79 Å². The van der Waals surface area contributed by atoms with Gasteiger partial charge in [0.25, 0.3) is 0 Å². The molecule has 29 heavy (non-hydrogen) atoms. The van der Waals surface area contributed by atoms with E-state index in [1.807, 2.05) is 37.3 Å². The van der Waals surface area contributed by atoms with Crippen molar-refractivity contribution in [3.63, 3.8) is 0 Å². The van der Waals surface area contributed by atoms with Gasteiger partial charge in [0.2, 0.25) is 0 Å². The van der Waals surface area contributed by atoms with Gasteiger partial charge in [-0.1, -0.05) is 42.5 Å². The summed E-state index contributed by atoms with van der Waals surface area (Å²) < 4.78 is 22.0. The number of carbonyl (C=O) groups is 2. The molecule has 2 rings (SSSR count). The van der Waals surface area contributed by atoms with E-state index in [0.717, 1.165) is 11.1 Å². The van der Waals surface area contributed by atoms with E-state index in [-0.39, 0.29) is 33.0 Å². The monoisotopic (exact) mass is 406 g/mol. The summed E-state index contributed by atoms with van der Waals surface area (Å²) in [5.74, 6) is -0.577. The Kier molecular flexibility index (Phi) is 9.11. The molecule has 1 aromatic carbocycles. The lowest BCUT2D eigenvalue weighted by atomic mass is 10.0. The molecule has 8 heteroatoms. The van der Waals surface area contributed by atoms with Gasteiger partial charge in [-0.2, -0.15) is 0 Å². The zero-order valence-electron chi connectivity index (χ0n) is 17.0. The Hall–Kier alpha value is -2.42. The molecule has 1 aliphatic rings. The fraction of sp³-hybridized carbons (Fsp3) is 0.524. The summed E-state index contributed by atoms with van der Waals surface area (Å²) in [4.78, 5) is 26.2. The number of rotatable bonds is 9. The van der Waals surface area contributed by atoms with Crippen molar-refractivity contribution in [2.24, 2.45) is 5.73 Å². The number of hydrogen-bond donors (Lipinski definition) is 1. The number of nitrogens with zero attached hydrogens (tertiary/aromatic N) is 1. The van der Waals surface area contributed by atoms with Crippen LogP contribution in [0.5, 0.6) is 0 Å². The molecule has 1 saturated heterocycles. The van der Waals surface area contributed by atoms with E-state index < -0.39 is 30.3 Å². The maximum absolute atomic E-state index is 12.5. The van der Waals surface area contributed by atoms with Crippen LogP contribution in [0.4, 0.5) is 4.79 Å². The largest absolute Gasteiger partial charge is 0.465 e. The highest BCUT2D eigenvalue weighted by Crippen LogP contribution is 2.17. The fourth-order valence-electron chi connectivity index (χ4n) is 2.90. The first-order valence-electron chi connectivity index (χ1n) is 9.67. The molecule has 2 N–H and O–H groups in total.